The predicted octanol–water partition coefficient (Wildman–Crippen LogP) is 3.77. The Hall–Kier alpha value is -1.88. The molecule has 0 N–H and O–H groups in total. The summed E-state index contributed by atoms with van der Waals surface area (Å²) in [4.78, 5) is 1.68. The van der Waals surface area contributed by atoms with Crippen LogP contribution in [-0.4, -0.2) is 0 Å². The second-order valence-corrected chi connectivity index (χ2v) is 4.82. The maximum atomic E-state index is 9.15. The van der Waals surface area contributed by atoms with E-state index in [2.05, 4.69) is 12.1 Å². The zero-order valence-electron chi connectivity index (χ0n) is 8.18. The molecule has 0 atom stereocenters. The van der Waals surface area contributed by atoms with Crippen LogP contribution in [0.5, 0.6) is 0 Å². The number of nitrogens with zero attached hydrogens (tertiary/aromatic N) is 2. The van der Waals surface area contributed by atoms with Gasteiger partial charge in [0, 0.05) is 9.75 Å². The van der Waals surface area contributed by atoms with Crippen molar-refractivity contribution in [3.63, 3.8) is 0 Å². The Kier molecular flexibility index (Phi) is 3.16. The van der Waals surface area contributed by atoms with Gasteiger partial charge < -0.3 is 0 Å². The van der Waals surface area contributed by atoms with Gasteiger partial charge in [-0.25, -0.2) is 0 Å². The fourth-order valence-electron chi connectivity index (χ4n) is 1.31. The molecule has 0 amide bonds. The third-order valence-electron chi connectivity index (χ3n) is 2.01. The Balaban J connectivity index is 2.61. The fraction of sp³-hybridized carbons (Fsp3) is 0. The van der Waals surface area contributed by atoms with Gasteiger partial charge in [0.25, 0.3) is 0 Å². The Labute approximate surface area is 101 Å². The smallest absolute Gasteiger partial charge is 0.102 e. The van der Waals surface area contributed by atoms with Crippen molar-refractivity contribution in [2.75, 3.05) is 0 Å². The minimum atomic E-state index is 0.458. The number of hydrogen-bond acceptors (Lipinski definition) is 4. The highest BCUT2D eigenvalue weighted by Gasteiger charge is 2.12. The SMILES string of the molecule is N#CC(=C(C#N)c1cccs1)c1cccs1. The molecule has 2 rings (SSSR count). The summed E-state index contributed by atoms with van der Waals surface area (Å²) >= 11 is 2.94. The maximum absolute atomic E-state index is 9.15. The largest absolute Gasteiger partial charge is 0.192 e. The maximum Gasteiger partial charge on any atom is 0.102 e. The fourth-order valence-corrected chi connectivity index (χ4v) is 2.76. The van der Waals surface area contributed by atoms with Gasteiger partial charge >= 0.3 is 0 Å². The minimum absolute atomic E-state index is 0.458. The van der Waals surface area contributed by atoms with Crippen molar-refractivity contribution < 1.29 is 0 Å². The average molecular weight is 242 g/mol. The van der Waals surface area contributed by atoms with Crippen LogP contribution >= 0.6 is 22.7 Å². The lowest BCUT2D eigenvalue weighted by atomic mass is 10.1. The van der Waals surface area contributed by atoms with Crippen molar-refractivity contribution in [1.29, 1.82) is 10.5 Å². The molecule has 0 unspecified atom stereocenters. The lowest BCUT2D eigenvalue weighted by Crippen LogP contribution is -1.83. The van der Waals surface area contributed by atoms with Crippen LogP contribution in [0, 0.1) is 22.7 Å². The quantitative estimate of drug-likeness (QED) is 0.753. The summed E-state index contributed by atoms with van der Waals surface area (Å²) in [5, 5.41) is 22.1. The Bertz CT molecular complexity index is 524. The van der Waals surface area contributed by atoms with Gasteiger partial charge in [-0.2, -0.15) is 10.5 Å². The zero-order valence-corrected chi connectivity index (χ0v) is 9.81. The van der Waals surface area contributed by atoms with Crippen LogP contribution in [-0.2, 0) is 0 Å². The molecule has 0 fully saturated rings. The lowest BCUT2D eigenvalue weighted by molar-refractivity contribution is 1.52. The molecule has 0 aliphatic heterocycles. The number of rotatable bonds is 2. The van der Waals surface area contributed by atoms with Crippen LogP contribution < -0.4 is 0 Å². The Morgan fingerprint density at radius 1 is 0.875 bits per heavy atom. The first-order valence-corrected chi connectivity index (χ1v) is 6.25. The molecule has 0 spiro atoms. The Morgan fingerprint density at radius 3 is 1.56 bits per heavy atom. The molecule has 16 heavy (non-hydrogen) atoms. The number of allylic oxidation sites excluding steroid dienone is 2. The summed E-state index contributed by atoms with van der Waals surface area (Å²) in [6, 6.07) is 11.7. The van der Waals surface area contributed by atoms with E-state index < -0.39 is 0 Å². The molecule has 0 saturated heterocycles. The number of hydrogen-bond donors (Lipinski definition) is 0. The first-order valence-electron chi connectivity index (χ1n) is 4.49. The van der Waals surface area contributed by atoms with Gasteiger partial charge in [-0.3, -0.25) is 0 Å². The topological polar surface area (TPSA) is 47.6 Å². The summed E-state index contributed by atoms with van der Waals surface area (Å²) in [5.41, 5.74) is 0.917. The van der Waals surface area contributed by atoms with Gasteiger partial charge in [0.15, 0.2) is 0 Å². The average Bonchev–Trinajstić information content (AvgIpc) is 2.97. The van der Waals surface area contributed by atoms with Crippen molar-refractivity contribution in [2.24, 2.45) is 0 Å². The van der Waals surface area contributed by atoms with E-state index in [-0.39, 0.29) is 0 Å². The first-order chi connectivity index (χ1) is 7.86. The molecular weight excluding hydrogens is 236 g/mol. The molecule has 4 heteroatoms. The summed E-state index contributed by atoms with van der Waals surface area (Å²) < 4.78 is 0. The van der Waals surface area contributed by atoms with E-state index in [4.69, 9.17) is 10.5 Å². The van der Waals surface area contributed by atoms with Crippen molar-refractivity contribution >= 4 is 33.8 Å². The highest BCUT2D eigenvalue weighted by atomic mass is 32.1. The molecule has 0 aliphatic carbocycles. The second-order valence-electron chi connectivity index (χ2n) is 2.93. The van der Waals surface area contributed by atoms with Crippen molar-refractivity contribution in [2.45, 2.75) is 0 Å². The zero-order chi connectivity index (χ0) is 11.4. The standard InChI is InChI=1S/C12H6N2S2/c13-7-9(11-3-1-5-15-11)10(8-14)12-4-2-6-16-12/h1-6H. The van der Waals surface area contributed by atoms with Crippen LogP contribution in [0.4, 0.5) is 0 Å². The van der Waals surface area contributed by atoms with Gasteiger partial charge in [-0.05, 0) is 22.9 Å². The molecule has 2 heterocycles. The van der Waals surface area contributed by atoms with Crippen LogP contribution in [0.2, 0.25) is 0 Å². The molecule has 76 valence electrons. The molecule has 2 nitrogen and oxygen atoms in total. The first kappa shape index (κ1) is 10.6. The normalized spacial score (nSPS) is 11.4. The molecule has 0 aliphatic rings. The van der Waals surface area contributed by atoms with E-state index in [1.807, 2.05) is 35.0 Å². The number of nitriles is 2. The van der Waals surface area contributed by atoms with Crippen LogP contribution in [0.15, 0.2) is 35.0 Å². The third-order valence-corrected chi connectivity index (χ3v) is 3.78. The lowest BCUT2D eigenvalue weighted by Gasteiger charge is -1.97. The van der Waals surface area contributed by atoms with E-state index in [0.717, 1.165) is 9.75 Å². The predicted molar refractivity (Wildman–Crippen MR) is 66.7 cm³/mol. The molecular formula is C12H6N2S2. The van der Waals surface area contributed by atoms with E-state index in [1.165, 1.54) is 22.7 Å². The van der Waals surface area contributed by atoms with E-state index in [1.54, 1.807) is 0 Å². The second kappa shape index (κ2) is 4.76. The summed E-state index contributed by atoms with van der Waals surface area (Å²) in [7, 11) is 0. The monoisotopic (exact) mass is 242 g/mol. The van der Waals surface area contributed by atoms with Gasteiger partial charge in [0.2, 0.25) is 0 Å². The van der Waals surface area contributed by atoms with E-state index >= 15 is 0 Å². The molecule has 0 radical (unpaired) electrons. The molecule has 0 aromatic carbocycles. The molecule has 0 bridgehead atoms. The molecule has 2 aromatic heterocycles. The van der Waals surface area contributed by atoms with Gasteiger partial charge in [0.05, 0.1) is 11.1 Å². The number of thiophene rings is 2. The molecule has 2 aromatic rings. The van der Waals surface area contributed by atoms with E-state index in [0.29, 0.717) is 11.1 Å². The van der Waals surface area contributed by atoms with Crippen LogP contribution in [0.1, 0.15) is 9.75 Å². The van der Waals surface area contributed by atoms with Crippen LogP contribution in [0.25, 0.3) is 11.1 Å². The van der Waals surface area contributed by atoms with Gasteiger partial charge in [0.1, 0.15) is 12.1 Å². The van der Waals surface area contributed by atoms with Crippen molar-refractivity contribution in [3.05, 3.63) is 44.8 Å². The third kappa shape index (κ3) is 1.90. The van der Waals surface area contributed by atoms with Gasteiger partial charge in [-0.15, -0.1) is 22.7 Å². The van der Waals surface area contributed by atoms with Crippen molar-refractivity contribution in [3.8, 4) is 12.1 Å². The molecule has 0 saturated carbocycles. The van der Waals surface area contributed by atoms with Crippen molar-refractivity contribution in [1.82, 2.24) is 0 Å². The summed E-state index contributed by atoms with van der Waals surface area (Å²) in [6.07, 6.45) is 0. The highest BCUT2D eigenvalue weighted by Crippen LogP contribution is 2.30. The van der Waals surface area contributed by atoms with E-state index in [9.17, 15) is 0 Å². The highest BCUT2D eigenvalue weighted by molar-refractivity contribution is 7.12. The summed E-state index contributed by atoms with van der Waals surface area (Å²) in [6.45, 7) is 0. The van der Waals surface area contributed by atoms with Gasteiger partial charge in [-0.1, -0.05) is 12.1 Å². The Morgan fingerprint density at radius 2 is 1.31 bits per heavy atom. The summed E-state index contributed by atoms with van der Waals surface area (Å²) in [5.74, 6) is 0. The minimum Gasteiger partial charge on any atom is -0.192 e. The van der Waals surface area contributed by atoms with Crippen LogP contribution in [0.3, 0.4) is 0 Å².